The zero-order valence-corrected chi connectivity index (χ0v) is 12.9. The van der Waals surface area contributed by atoms with Crippen molar-refractivity contribution in [1.82, 2.24) is 10.3 Å². The third-order valence-corrected chi connectivity index (χ3v) is 6.25. The average molecular weight is 306 g/mol. The standard InChI is InChI=1S/C15H18N2OS2/c18-15-12(7-11-3-1-2-4-14(11)17-15)8-16-9-13-10-19-5-6-20-13/h1-4,7,13,16H,5-6,8-10H2,(H,17,18). The van der Waals surface area contributed by atoms with Crippen molar-refractivity contribution in [3.05, 3.63) is 46.2 Å². The van der Waals surface area contributed by atoms with E-state index in [2.05, 4.69) is 10.3 Å². The van der Waals surface area contributed by atoms with E-state index in [1.807, 2.05) is 53.9 Å². The molecule has 0 saturated carbocycles. The van der Waals surface area contributed by atoms with Gasteiger partial charge in [-0.25, -0.2) is 0 Å². The SMILES string of the molecule is O=c1[nH]c2ccccc2cc1CNCC1CSCCS1. The van der Waals surface area contributed by atoms with E-state index in [0.717, 1.165) is 23.0 Å². The lowest BCUT2D eigenvalue weighted by Crippen LogP contribution is -2.30. The Hall–Kier alpha value is -0.910. The normalized spacial score (nSPS) is 19.3. The third kappa shape index (κ3) is 3.40. The number of nitrogens with one attached hydrogen (secondary N) is 2. The Bertz CT molecular complexity index is 635. The smallest absolute Gasteiger partial charge is 0.252 e. The van der Waals surface area contributed by atoms with Crippen LogP contribution in [0.2, 0.25) is 0 Å². The minimum Gasteiger partial charge on any atom is -0.322 e. The minimum absolute atomic E-state index is 0.0156. The van der Waals surface area contributed by atoms with Crippen molar-refractivity contribution in [1.29, 1.82) is 0 Å². The molecule has 3 rings (SSSR count). The van der Waals surface area contributed by atoms with E-state index < -0.39 is 0 Å². The summed E-state index contributed by atoms with van der Waals surface area (Å²) in [4.78, 5) is 15.0. The summed E-state index contributed by atoms with van der Waals surface area (Å²) in [5, 5.41) is 5.19. The second kappa shape index (κ2) is 6.70. The third-order valence-electron chi connectivity index (χ3n) is 3.40. The zero-order valence-electron chi connectivity index (χ0n) is 11.2. The van der Waals surface area contributed by atoms with Crippen molar-refractivity contribution in [3.63, 3.8) is 0 Å². The number of para-hydroxylation sites is 1. The fourth-order valence-corrected chi connectivity index (χ4v) is 4.99. The molecular formula is C15H18N2OS2. The van der Waals surface area contributed by atoms with Crippen molar-refractivity contribution in [2.45, 2.75) is 11.8 Å². The molecule has 1 saturated heterocycles. The number of H-pyrrole nitrogens is 1. The molecule has 0 bridgehead atoms. The van der Waals surface area contributed by atoms with E-state index in [0.29, 0.717) is 11.8 Å². The van der Waals surface area contributed by atoms with Gasteiger partial charge in [0.05, 0.1) is 0 Å². The predicted octanol–water partition coefficient (Wildman–Crippen LogP) is 2.47. The lowest BCUT2D eigenvalue weighted by molar-refractivity contribution is 0.682. The Balaban J connectivity index is 1.64. The minimum atomic E-state index is 0.0156. The molecule has 1 fully saturated rings. The maximum atomic E-state index is 12.0. The highest BCUT2D eigenvalue weighted by Crippen LogP contribution is 2.23. The topological polar surface area (TPSA) is 44.9 Å². The second-order valence-corrected chi connectivity index (χ2v) is 7.47. The van der Waals surface area contributed by atoms with E-state index in [9.17, 15) is 4.79 Å². The molecule has 1 aromatic carbocycles. The largest absolute Gasteiger partial charge is 0.322 e. The molecular weight excluding hydrogens is 288 g/mol. The van der Waals surface area contributed by atoms with E-state index >= 15 is 0 Å². The summed E-state index contributed by atoms with van der Waals surface area (Å²) in [6.45, 7) is 1.62. The van der Waals surface area contributed by atoms with Gasteiger partial charge in [-0.05, 0) is 17.5 Å². The number of fused-ring (bicyclic) bond motifs is 1. The van der Waals surface area contributed by atoms with Gasteiger partial charge in [0.15, 0.2) is 0 Å². The van der Waals surface area contributed by atoms with Gasteiger partial charge in [0.2, 0.25) is 0 Å². The number of rotatable bonds is 4. The summed E-state index contributed by atoms with van der Waals surface area (Å²) < 4.78 is 0. The molecule has 1 atom stereocenters. The molecule has 2 heterocycles. The molecule has 5 heteroatoms. The molecule has 2 N–H and O–H groups in total. The Kier molecular flexibility index (Phi) is 4.70. The van der Waals surface area contributed by atoms with E-state index in [1.54, 1.807) is 0 Å². The quantitative estimate of drug-likeness (QED) is 0.911. The van der Waals surface area contributed by atoms with Crippen molar-refractivity contribution in [3.8, 4) is 0 Å². The van der Waals surface area contributed by atoms with E-state index in [4.69, 9.17) is 0 Å². The molecule has 1 aromatic heterocycles. The number of hydrogen-bond donors (Lipinski definition) is 2. The van der Waals surface area contributed by atoms with Gasteiger partial charge in [-0.1, -0.05) is 18.2 Å². The number of aromatic nitrogens is 1. The van der Waals surface area contributed by atoms with Crippen molar-refractivity contribution in [2.24, 2.45) is 0 Å². The molecule has 2 aromatic rings. The lowest BCUT2D eigenvalue weighted by atomic mass is 10.1. The number of pyridine rings is 1. The van der Waals surface area contributed by atoms with Crippen LogP contribution in [0.4, 0.5) is 0 Å². The highest BCUT2D eigenvalue weighted by atomic mass is 32.2. The first-order chi connectivity index (χ1) is 9.83. The van der Waals surface area contributed by atoms with Gasteiger partial charge in [0.25, 0.3) is 5.56 Å². The van der Waals surface area contributed by atoms with Gasteiger partial charge in [-0.3, -0.25) is 4.79 Å². The van der Waals surface area contributed by atoms with Gasteiger partial charge in [-0.15, -0.1) is 0 Å². The number of thioether (sulfide) groups is 2. The van der Waals surface area contributed by atoms with Crippen LogP contribution in [0.25, 0.3) is 10.9 Å². The summed E-state index contributed by atoms with van der Waals surface area (Å²) in [6.07, 6.45) is 0. The molecule has 1 unspecified atom stereocenters. The summed E-state index contributed by atoms with van der Waals surface area (Å²) in [5.74, 6) is 3.73. The molecule has 0 amide bonds. The molecule has 1 aliphatic rings. The van der Waals surface area contributed by atoms with Gasteiger partial charge in [0.1, 0.15) is 0 Å². The number of benzene rings is 1. The first-order valence-electron chi connectivity index (χ1n) is 6.84. The Labute approximate surface area is 126 Å². The highest BCUT2D eigenvalue weighted by Gasteiger charge is 2.13. The molecule has 3 nitrogen and oxygen atoms in total. The van der Waals surface area contributed by atoms with Crippen LogP contribution >= 0.6 is 23.5 Å². The molecule has 0 spiro atoms. The van der Waals surface area contributed by atoms with Crippen LogP contribution in [0.15, 0.2) is 35.1 Å². The predicted molar refractivity (Wildman–Crippen MR) is 89.8 cm³/mol. The Morgan fingerprint density at radius 2 is 2.20 bits per heavy atom. The van der Waals surface area contributed by atoms with E-state index in [-0.39, 0.29) is 5.56 Å². The summed E-state index contributed by atoms with van der Waals surface area (Å²) in [5.41, 5.74) is 1.74. The van der Waals surface area contributed by atoms with Crippen LogP contribution in [0.5, 0.6) is 0 Å². The van der Waals surface area contributed by atoms with Gasteiger partial charge in [-0.2, -0.15) is 23.5 Å². The summed E-state index contributed by atoms with van der Waals surface area (Å²) in [6, 6.07) is 9.89. The Morgan fingerprint density at radius 3 is 3.05 bits per heavy atom. The number of aromatic amines is 1. The second-order valence-electron chi connectivity index (χ2n) is 4.91. The lowest BCUT2D eigenvalue weighted by Gasteiger charge is -2.21. The van der Waals surface area contributed by atoms with Gasteiger partial charge in [0, 0.05) is 46.7 Å². The highest BCUT2D eigenvalue weighted by molar-refractivity contribution is 8.06. The van der Waals surface area contributed by atoms with Gasteiger partial charge >= 0.3 is 0 Å². The van der Waals surface area contributed by atoms with Crippen LogP contribution in [0, 0.1) is 0 Å². The fraction of sp³-hybridized carbons (Fsp3) is 0.400. The fourth-order valence-electron chi connectivity index (χ4n) is 2.35. The van der Waals surface area contributed by atoms with Crippen molar-refractivity contribution >= 4 is 34.4 Å². The summed E-state index contributed by atoms with van der Waals surface area (Å²) >= 11 is 4.06. The van der Waals surface area contributed by atoms with Crippen molar-refractivity contribution < 1.29 is 0 Å². The van der Waals surface area contributed by atoms with Crippen LogP contribution in [0.1, 0.15) is 5.56 Å². The van der Waals surface area contributed by atoms with Crippen molar-refractivity contribution in [2.75, 3.05) is 23.8 Å². The monoisotopic (exact) mass is 306 g/mol. The number of hydrogen-bond acceptors (Lipinski definition) is 4. The van der Waals surface area contributed by atoms with Gasteiger partial charge < -0.3 is 10.3 Å². The van der Waals surface area contributed by atoms with Crippen LogP contribution < -0.4 is 10.9 Å². The van der Waals surface area contributed by atoms with Crippen LogP contribution in [0.3, 0.4) is 0 Å². The molecule has 0 radical (unpaired) electrons. The maximum absolute atomic E-state index is 12.0. The zero-order chi connectivity index (χ0) is 13.8. The first kappa shape index (κ1) is 14.0. The first-order valence-corrected chi connectivity index (χ1v) is 9.04. The molecule has 0 aliphatic carbocycles. The molecule has 1 aliphatic heterocycles. The van der Waals surface area contributed by atoms with Crippen LogP contribution in [-0.2, 0) is 6.54 Å². The van der Waals surface area contributed by atoms with E-state index in [1.165, 1.54) is 17.3 Å². The molecule has 106 valence electrons. The molecule has 20 heavy (non-hydrogen) atoms. The Morgan fingerprint density at radius 1 is 1.30 bits per heavy atom. The summed E-state index contributed by atoms with van der Waals surface area (Å²) in [7, 11) is 0. The average Bonchev–Trinajstić information content (AvgIpc) is 2.49. The maximum Gasteiger partial charge on any atom is 0.252 e. The van der Waals surface area contributed by atoms with Crippen LogP contribution in [-0.4, -0.2) is 34.0 Å².